The number of hydrogen-bond acceptors (Lipinski definition) is 2. The van der Waals surface area contributed by atoms with Crippen molar-refractivity contribution in [1.29, 1.82) is 0 Å². The molecule has 0 saturated carbocycles. The summed E-state index contributed by atoms with van der Waals surface area (Å²) in [5, 5.41) is 9.24. The zero-order valence-corrected chi connectivity index (χ0v) is 9.54. The zero-order valence-electron chi connectivity index (χ0n) is 8.79. The number of rotatable bonds is 4. The Balaban J connectivity index is 3.37. The quantitative estimate of drug-likeness (QED) is 0.847. The number of primary amides is 1. The molecule has 1 amide bonds. The minimum absolute atomic E-state index is 0.000324. The van der Waals surface area contributed by atoms with Gasteiger partial charge in [-0.1, -0.05) is 24.9 Å². The Kier molecular flexibility index (Phi) is 3.90. The average molecular weight is 242 g/mol. The Morgan fingerprint density at radius 1 is 1.38 bits per heavy atom. The van der Waals surface area contributed by atoms with Crippen molar-refractivity contribution in [2.75, 3.05) is 0 Å². The molecule has 0 saturated heterocycles. The van der Waals surface area contributed by atoms with Crippen LogP contribution in [0, 0.1) is 0 Å². The molecule has 4 nitrogen and oxygen atoms in total. The van der Waals surface area contributed by atoms with Crippen molar-refractivity contribution in [1.82, 2.24) is 0 Å². The van der Waals surface area contributed by atoms with E-state index in [0.29, 0.717) is 11.4 Å². The predicted molar refractivity (Wildman–Crippen MR) is 60.9 cm³/mol. The molecule has 0 heterocycles. The second kappa shape index (κ2) is 4.99. The zero-order chi connectivity index (χ0) is 12.3. The normalized spacial score (nSPS) is 10.1. The van der Waals surface area contributed by atoms with E-state index < -0.39 is 11.9 Å². The summed E-state index contributed by atoms with van der Waals surface area (Å²) >= 11 is 5.91. The van der Waals surface area contributed by atoms with Crippen LogP contribution in [-0.4, -0.2) is 17.0 Å². The van der Waals surface area contributed by atoms with Crippen molar-refractivity contribution in [3.8, 4) is 0 Å². The molecule has 0 spiro atoms. The molecule has 0 radical (unpaired) electrons. The van der Waals surface area contributed by atoms with Crippen LogP contribution in [0.5, 0.6) is 0 Å². The summed E-state index contributed by atoms with van der Waals surface area (Å²) in [6.45, 7) is 1.96. The lowest BCUT2D eigenvalue weighted by atomic mass is 10.0. The highest BCUT2D eigenvalue weighted by molar-refractivity contribution is 6.32. The predicted octanol–water partition coefficient (Wildman–Crippen LogP) is 2.09. The van der Waals surface area contributed by atoms with Gasteiger partial charge in [0.05, 0.1) is 11.1 Å². The van der Waals surface area contributed by atoms with E-state index in [-0.39, 0.29) is 11.1 Å². The van der Waals surface area contributed by atoms with Crippen molar-refractivity contribution in [3.63, 3.8) is 0 Å². The first-order chi connectivity index (χ1) is 7.47. The molecule has 0 aromatic heterocycles. The van der Waals surface area contributed by atoms with E-state index in [1.165, 1.54) is 12.1 Å². The van der Waals surface area contributed by atoms with Gasteiger partial charge in [0.1, 0.15) is 0 Å². The molecular formula is C11H12ClNO3. The molecule has 0 unspecified atom stereocenters. The van der Waals surface area contributed by atoms with Gasteiger partial charge < -0.3 is 10.8 Å². The Labute approximate surface area is 98.0 Å². The van der Waals surface area contributed by atoms with Crippen LogP contribution in [0.3, 0.4) is 0 Å². The van der Waals surface area contributed by atoms with Gasteiger partial charge in [0.15, 0.2) is 0 Å². The summed E-state index contributed by atoms with van der Waals surface area (Å²) in [4.78, 5) is 22.0. The fourth-order valence-corrected chi connectivity index (χ4v) is 1.72. The molecule has 86 valence electrons. The lowest BCUT2D eigenvalue weighted by Crippen LogP contribution is -2.17. The van der Waals surface area contributed by atoms with Gasteiger partial charge in [-0.15, -0.1) is 0 Å². The minimum Gasteiger partial charge on any atom is -0.478 e. The number of amides is 1. The smallest absolute Gasteiger partial charge is 0.336 e. The van der Waals surface area contributed by atoms with Gasteiger partial charge >= 0.3 is 5.97 Å². The first-order valence-electron chi connectivity index (χ1n) is 4.82. The molecular weight excluding hydrogens is 230 g/mol. The molecule has 0 aliphatic heterocycles. The molecule has 5 heteroatoms. The highest BCUT2D eigenvalue weighted by Crippen LogP contribution is 2.23. The van der Waals surface area contributed by atoms with Crippen molar-refractivity contribution in [3.05, 3.63) is 33.8 Å². The van der Waals surface area contributed by atoms with Gasteiger partial charge in [-0.2, -0.15) is 0 Å². The van der Waals surface area contributed by atoms with Crippen LogP contribution in [0.15, 0.2) is 12.1 Å². The molecule has 3 N–H and O–H groups in total. The monoisotopic (exact) mass is 241 g/mol. The number of carboxylic acids is 1. The van der Waals surface area contributed by atoms with Crippen molar-refractivity contribution >= 4 is 23.5 Å². The summed E-state index contributed by atoms with van der Waals surface area (Å²) in [5.41, 5.74) is 5.71. The molecule has 0 fully saturated rings. The summed E-state index contributed by atoms with van der Waals surface area (Å²) in [6, 6.07) is 2.73. The Hall–Kier alpha value is -1.55. The van der Waals surface area contributed by atoms with Gasteiger partial charge in [0.25, 0.3) is 0 Å². The maximum atomic E-state index is 11.1. The number of aromatic carboxylic acids is 1. The lowest BCUT2D eigenvalue weighted by Gasteiger charge is -2.08. The molecule has 16 heavy (non-hydrogen) atoms. The summed E-state index contributed by atoms with van der Waals surface area (Å²) < 4.78 is 0. The summed E-state index contributed by atoms with van der Waals surface area (Å²) in [6.07, 6.45) is 1.53. The molecule has 0 aliphatic carbocycles. The summed E-state index contributed by atoms with van der Waals surface area (Å²) in [5.74, 6) is -1.97. The van der Waals surface area contributed by atoms with Crippen LogP contribution in [0.2, 0.25) is 5.02 Å². The third kappa shape index (κ3) is 2.52. The molecule has 0 atom stereocenters. The fraction of sp³-hybridized carbons (Fsp3) is 0.273. The van der Waals surface area contributed by atoms with E-state index in [9.17, 15) is 9.59 Å². The molecule has 1 rings (SSSR count). The second-order valence-electron chi connectivity index (χ2n) is 3.41. The highest BCUT2D eigenvalue weighted by Gasteiger charge is 2.17. The van der Waals surface area contributed by atoms with Crippen LogP contribution in [0.25, 0.3) is 0 Å². The van der Waals surface area contributed by atoms with Crippen LogP contribution < -0.4 is 5.73 Å². The number of benzene rings is 1. The maximum Gasteiger partial charge on any atom is 0.336 e. The van der Waals surface area contributed by atoms with Crippen LogP contribution in [0.1, 0.15) is 39.6 Å². The molecule has 1 aromatic rings. The Morgan fingerprint density at radius 3 is 2.44 bits per heavy atom. The largest absolute Gasteiger partial charge is 0.478 e. The van der Waals surface area contributed by atoms with Gasteiger partial charge in [0.2, 0.25) is 5.91 Å². The number of carbonyl (C=O) groups is 2. The topological polar surface area (TPSA) is 80.4 Å². The van der Waals surface area contributed by atoms with Gasteiger partial charge in [0, 0.05) is 5.02 Å². The second-order valence-corrected chi connectivity index (χ2v) is 3.82. The first-order valence-corrected chi connectivity index (χ1v) is 5.20. The third-order valence-corrected chi connectivity index (χ3v) is 2.55. The maximum absolute atomic E-state index is 11.1. The van der Waals surface area contributed by atoms with Crippen LogP contribution >= 0.6 is 11.6 Å². The van der Waals surface area contributed by atoms with E-state index in [1.807, 2.05) is 6.92 Å². The lowest BCUT2D eigenvalue weighted by molar-refractivity contribution is 0.0692. The van der Waals surface area contributed by atoms with E-state index >= 15 is 0 Å². The van der Waals surface area contributed by atoms with E-state index in [2.05, 4.69) is 0 Å². The van der Waals surface area contributed by atoms with Crippen LogP contribution in [0.4, 0.5) is 0 Å². The number of aryl methyl sites for hydroxylation is 1. The van der Waals surface area contributed by atoms with Crippen molar-refractivity contribution < 1.29 is 14.7 Å². The van der Waals surface area contributed by atoms with Crippen LogP contribution in [-0.2, 0) is 6.42 Å². The number of halogens is 1. The van der Waals surface area contributed by atoms with Crippen molar-refractivity contribution in [2.45, 2.75) is 19.8 Å². The Morgan fingerprint density at radius 2 is 2.00 bits per heavy atom. The Bertz CT molecular complexity index is 443. The average Bonchev–Trinajstić information content (AvgIpc) is 2.20. The van der Waals surface area contributed by atoms with E-state index in [0.717, 1.165) is 12.0 Å². The van der Waals surface area contributed by atoms with Gasteiger partial charge in [-0.3, -0.25) is 4.79 Å². The number of nitrogens with two attached hydrogens (primary N) is 1. The fourth-order valence-electron chi connectivity index (χ4n) is 1.46. The molecule has 0 aliphatic rings. The minimum atomic E-state index is -1.21. The highest BCUT2D eigenvalue weighted by atomic mass is 35.5. The summed E-state index contributed by atoms with van der Waals surface area (Å²) in [7, 11) is 0. The third-order valence-electron chi connectivity index (χ3n) is 2.20. The van der Waals surface area contributed by atoms with Gasteiger partial charge in [-0.05, 0) is 24.1 Å². The van der Waals surface area contributed by atoms with E-state index in [1.54, 1.807) is 0 Å². The van der Waals surface area contributed by atoms with E-state index in [4.69, 9.17) is 22.4 Å². The molecule has 1 aromatic carbocycles. The standard InChI is InChI=1S/C11H12ClNO3/c1-2-3-6-4-7(10(13)14)8(11(15)16)5-9(6)12/h4-5H,2-3H2,1H3,(H2,13,14)(H,15,16). The molecule has 0 bridgehead atoms. The number of hydrogen-bond donors (Lipinski definition) is 2. The van der Waals surface area contributed by atoms with Gasteiger partial charge in [-0.25, -0.2) is 4.79 Å². The number of carbonyl (C=O) groups excluding carboxylic acids is 1. The number of carboxylic acid groups (broad SMARTS) is 1. The van der Waals surface area contributed by atoms with Crippen molar-refractivity contribution in [2.24, 2.45) is 5.73 Å². The SMILES string of the molecule is CCCc1cc(C(N)=O)c(C(=O)O)cc1Cl. The first kappa shape index (κ1) is 12.5.